The van der Waals surface area contributed by atoms with Crippen molar-refractivity contribution in [3.05, 3.63) is 41.9 Å². The molecule has 2 aromatic rings. The predicted octanol–water partition coefficient (Wildman–Crippen LogP) is 3.89. The van der Waals surface area contributed by atoms with Gasteiger partial charge >= 0.3 is 6.18 Å². The van der Waals surface area contributed by atoms with Crippen molar-refractivity contribution in [2.24, 2.45) is 5.92 Å². The van der Waals surface area contributed by atoms with Crippen molar-refractivity contribution < 1.29 is 17.9 Å². The van der Waals surface area contributed by atoms with Gasteiger partial charge in [0.25, 0.3) is 0 Å². The predicted molar refractivity (Wildman–Crippen MR) is 93.3 cm³/mol. The van der Waals surface area contributed by atoms with Gasteiger partial charge in [0, 0.05) is 31.1 Å². The first-order chi connectivity index (χ1) is 13.0. The molecule has 8 heteroatoms. The van der Waals surface area contributed by atoms with Crippen LogP contribution in [0.1, 0.15) is 43.0 Å². The smallest absolute Gasteiger partial charge is 0.372 e. The molecule has 0 bridgehead atoms. The average Bonchev–Trinajstić information content (AvgIpc) is 3.32. The van der Waals surface area contributed by atoms with Crippen molar-refractivity contribution in [3.63, 3.8) is 0 Å². The van der Waals surface area contributed by atoms with Crippen molar-refractivity contribution in [2.75, 3.05) is 19.7 Å². The molecule has 0 aliphatic carbocycles. The van der Waals surface area contributed by atoms with E-state index in [0.29, 0.717) is 19.6 Å². The van der Waals surface area contributed by atoms with Crippen LogP contribution in [0.25, 0.3) is 5.82 Å². The van der Waals surface area contributed by atoms with Crippen LogP contribution in [0.15, 0.2) is 30.6 Å². The first-order valence-electron chi connectivity index (χ1n) is 9.41. The molecule has 0 spiro atoms. The van der Waals surface area contributed by atoms with E-state index in [1.807, 2.05) is 24.4 Å². The van der Waals surface area contributed by atoms with E-state index < -0.39 is 12.1 Å². The van der Waals surface area contributed by atoms with Crippen molar-refractivity contribution in [3.8, 4) is 5.82 Å². The lowest BCUT2D eigenvalue weighted by Crippen LogP contribution is -2.38. The number of hydrogen-bond donors (Lipinski definition) is 0. The van der Waals surface area contributed by atoms with Crippen LogP contribution in [0.3, 0.4) is 0 Å². The van der Waals surface area contributed by atoms with Crippen LogP contribution in [-0.4, -0.2) is 45.5 Å². The number of ether oxygens (including phenoxy) is 1. The Kier molecular flexibility index (Phi) is 5.19. The quantitative estimate of drug-likeness (QED) is 0.807. The lowest BCUT2D eigenvalue weighted by molar-refractivity contribution is -0.185. The normalized spacial score (nSPS) is 22.4. The van der Waals surface area contributed by atoms with E-state index in [4.69, 9.17) is 9.84 Å². The Bertz CT molecular complexity index is 748. The minimum atomic E-state index is -4.08. The molecule has 2 aliphatic rings. The van der Waals surface area contributed by atoms with Crippen LogP contribution in [0.5, 0.6) is 0 Å². The molecule has 2 aromatic heterocycles. The third-order valence-electron chi connectivity index (χ3n) is 5.39. The summed E-state index contributed by atoms with van der Waals surface area (Å²) in [6, 6.07) is 5.63. The molecule has 146 valence electrons. The molecular weight excluding hydrogens is 357 g/mol. The molecular formula is C19H23F3N4O. The number of pyridine rings is 1. The largest absolute Gasteiger partial charge is 0.391 e. The second-order valence-corrected chi connectivity index (χ2v) is 7.27. The van der Waals surface area contributed by atoms with Crippen molar-refractivity contribution >= 4 is 0 Å². The fraction of sp³-hybridized carbons (Fsp3) is 0.579. The zero-order chi connectivity index (χ0) is 18.9. The van der Waals surface area contributed by atoms with Gasteiger partial charge in [0.2, 0.25) is 0 Å². The molecule has 5 nitrogen and oxygen atoms in total. The number of aromatic nitrogens is 3. The summed E-state index contributed by atoms with van der Waals surface area (Å²) in [7, 11) is 0. The molecule has 0 N–H and O–H groups in total. The molecule has 1 unspecified atom stereocenters. The van der Waals surface area contributed by atoms with Crippen molar-refractivity contribution in [2.45, 2.75) is 44.5 Å². The van der Waals surface area contributed by atoms with Gasteiger partial charge in [-0.2, -0.15) is 18.3 Å². The number of rotatable bonds is 4. The van der Waals surface area contributed by atoms with Crippen LogP contribution < -0.4 is 0 Å². The topological polar surface area (TPSA) is 43.2 Å². The van der Waals surface area contributed by atoms with E-state index >= 15 is 0 Å². The van der Waals surface area contributed by atoms with Gasteiger partial charge in [0.15, 0.2) is 5.82 Å². The highest BCUT2D eigenvalue weighted by atomic mass is 19.4. The first-order valence-corrected chi connectivity index (χ1v) is 9.41. The van der Waals surface area contributed by atoms with E-state index in [1.165, 1.54) is 0 Å². The van der Waals surface area contributed by atoms with E-state index in [2.05, 4.69) is 9.88 Å². The fourth-order valence-electron chi connectivity index (χ4n) is 3.88. The van der Waals surface area contributed by atoms with E-state index in [-0.39, 0.29) is 18.9 Å². The Hall–Kier alpha value is -1.93. The van der Waals surface area contributed by atoms with Crippen LogP contribution in [0.4, 0.5) is 13.2 Å². The van der Waals surface area contributed by atoms with Crippen LogP contribution in [-0.2, 0) is 11.3 Å². The van der Waals surface area contributed by atoms with Crippen LogP contribution >= 0.6 is 0 Å². The highest BCUT2D eigenvalue weighted by Gasteiger charge is 2.41. The maximum Gasteiger partial charge on any atom is 0.391 e. The zero-order valence-electron chi connectivity index (χ0n) is 15.0. The average molecular weight is 380 g/mol. The molecule has 2 fully saturated rings. The third kappa shape index (κ3) is 4.16. The molecule has 0 amide bonds. The summed E-state index contributed by atoms with van der Waals surface area (Å²) in [4.78, 5) is 6.42. The second-order valence-electron chi connectivity index (χ2n) is 7.27. The SMILES string of the molecule is FC(F)(F)C1CCN(Cc2cn(-c3ccccn3)nc2C2CCCO2)CC1. The number of piperidine rings is 1. The van der Waals surface area contributed by atoms with Gasteiger partial charge in [-0.15, -0.1) is 0 Å². The van der Waals surface area contributed by atoms with Gasteiger partial charge in [-0.3, -0.25) is 4.90 Å². The monoisotopic (exact) mass is 380 g/mol. The van der Waals surface area contributed by atoms with Gasteiger partial charge < -0.3 is 4.74 Å². The number of halogens is 3. The molecule has 1 atom stereocenters. The summed E-state index contributed by atoms with van der Waals surface area (Å²) in [6.07, 6.45) is 1.76. The molecule has 0 radical (unpaired) electrons. The fourth-order valence-corrected chi connectivity index (χ4v) is 3.88. The number of nitrogens with zero attached hydrogens (tertiary/aromatic N) is 4. The molecule has 27 heavy (non-hydrogen) atoms. The van der Waals surface area contributed by atoms with Crippen LogP contribution in [0, 0.1) is 5.92 Å². The number of alkyl halides is 3. The van der Waals surface area contributed by atoms with Gasteiger partial charge in [0.1, 0.15) is 6.10 Å². The zero-order valence-corrected chi connectivity index (χ0v) is 15.0. The molecule has 4 heterocycles. The molecule has 0 saturated carbocycles. The maximum absolute atomic E-state index is 12.9. The molecule has 0 aromatic carbocycles. The minimum absolute atomic E-state index is 0.0438. The second kappa shape index (κ2) is 7.59. The lowest BCUT2D eigenvalue weighted by atomic mass is 9.96. The highest BCUT2D eigenvalue weighted by Crippen LogP contribution is 2.35. The number of likely N-dealkylation sites (tertiary alicyclic amines) is 1. The highest BCUT2D eigenvalue weighted by molar-refractivity contribution is 5.27. The molecule has 2 saturated heterocycles. The summed E-state index contributed by atoms with van der Waals surface area (Å²) in [6.45, 7) is 2.21. The Balaban J connectivity index is 1.52. The number of hydrogen-bond acceptors (Lipinski definition) is 4. The summed E-state index contributed by atoms with van der Waals surface area (Å²) < 4.78 is 46.3. The maximum atomic E-state index is 12.9. The van der Waals surface area contributed by atoms with Gasteiger partial charge in [0.05, 0.1) is 11.6 Å². The lowest BCUT2D eigenvalue weighted by Gasteiger charge is -2.32. The van der Waals surface area contributed by atoms with Crippen molar-refractivity contribution in [1.82, 2.24) is 19.7 Å². The molecule has 2 aliphatic heterocycles. The van der Waals surface area contributed by atoms with Gasteiger partial charge in [-0.1, -0.05) is 6.07 Å². The van der Waals surface area contributed by atoms with E-state index in [9.17, 15) is 13.2 Å². The minimum Gasteiger partial charge on any atom is -0.372 e. The van der Waals surface area contributed by atoms with Gasteiger partial charge in [-0.25, -0.2) is 9.67 Å². The van der Waals surface area contributed by atoms with Gasteiger partial charge in [-0.05, 0) is 50.9 Å². The first kappa shape index (κ1) is 18.4. The summed E-state index contributed by atoms with van der Waals surface area (Å²) in [5.74, 6) is -0.457. The Labute approximate surface area is 156 Å². The third-order valence-corrected chi connectivity index (χ3v) is 5.39. The van der Waals surface area contributed by atoms with E-state index in [1.54, 1.807) is 10.9 Å². The van der Waals surface area contributed by atoms with Crippen LogP contribution in [0.2, 0.25) is 0 Å². The summed E-state index contributed by atoms with van der Waals surface area (Å²) in [5.41, 5.74) is 1.90. The van der Waals surface area contributed by atoms with Crippen molar-refractivity contribution in [1.29, 1.82) is 0 Å². The van der Waals surface area contributed by atoms with E-state index in [0.717, 1.165) is 36.5 Å². The summed E-state index contributed by atoms with van der Waals surface area (Å²) >= 11 is 0. The summed E-state index contributed by atoms with van der Waals surface area (Å²) in [5, 5.41) is 4.70. The standard InChI is InChI=1S/C19H23F3N4O/c20-19(21,22)15-6-9-25(10-7-15)12-14-13-26(17-5-1-2-8-23-17)24-18(14)16-4-3-11-27-16/h1-2,5,8,13,15-16H,3-4,6-7,9-12H2. The molecule has 4 rings (SSSR count). The Morgan fingerprint density at radius 2 is 1.96 bits per heavy atom. The Morgan fingerprint density at radius 3 is 2.59 bits per heavy atom. The Morgan fingerprint density at radius 1 is 1.15 bits per heavy atom.